The summed E-state index contributed by atoms with van der Waals surface area (Å²) in [5.41, 5.74) is 0.518. The van der Waals surface area contributed by atoms with Gasteiger partial charge in [0.2, 0.25) is 5.91 Å². The topological polar surface area (TPSA) is 68.8 Å². The third kappa shape index (κ3) is 9.75. The van der Waals surface area contributed by atoms with Crippen molar-refractivity contribution in [3.63, 3.8) is 0 Å². The molecule has 0 unspecified atom stereocenters. The lowest BCUT2D eigenvalue weighted by atomic mass is 9.96. The van der Waals surface area contributed by atoms with Gasteiger partial charge in [-0.3, -0.25) is 14.7 Å². The molecule has 6 nitrogen and oxygen atoms in total. The van der Waals surface area contributed by atoms with E-state index in [-0.39, 0.29) is 47.8 Å². The predicted octanol–water partition coefficient (Wildman–Crippen LogP) is 2.74. The van der Waals surface area contributed by atoms with Crippen LogP contribution < -0.4 is 16.0 Å². The molecule has 0 saturated carbocycles. The summed E-state index contributed by atoms with van der Waals surface area (Å²) in [7, 11) is 1.70. The number of halogens is 2. The molecular formula is C21H35FIN5O. The Morgan fingerprint density at radius 3 is 2.45 bits per heavy atom. The highest BCUT2D eigenvalue weighted by Crippen LogP contribution is 2.19. The van der Waals surface area contributed by atoms with Gasteiger partial charge in [-0.2, -0.15) is 0 Å². The first-order chi connectivity index (χ1) is 13.3. The normalized spacial score (nSPS) is 16.1. The summed E-state index contributed by atoms with van der Waals surface area (Å²) in [6.07, 6.45) is 2.12. The van der Waals surface area contributed by atoms with Crippen LogP contribution >= 0.6 is 24.0 Å². The fourth-order valence-corrected chi connectivity index (χ4v) is 3.30. The molecular weight excluding hydrogens is 484 g/mol. The third-order valence-corrected chi connectivity index (χ3v) is 4.77. The zero-order chi connectivity index (χ0) is 20.6. The molecule has 1 heterocycles. The van der Waals surface area contributed by atoms with Crippen LogP contribution in [0, 0.1) is 11.7 Å². The monoisotopic (exact) mass is 519 g/mol. The number of hydrogen-bond acceptors (Lipinski definition) is 3. The van der Waals surface area contributed by atoms with E-state index in [4.69, 9.17) is 0 Å². The van der Waals surface area contributed by atoms with Crippen LogP contribution in [0.4, 0.5) is 4.39 Å². The molecule has 0 radical (unpaired) electrons. The maximum atomic E-state index is 13.8. The van der Waals surface area contributed by atoms with Gasteiger partial charge in [0.1, 0.15) is 5.82 Å². The van der Waals surface area contributed by atoms with E-state index in [0.717, 1.165) is 38.0 Å². The molecule has 0 atom stereocenters. The molecule has 164 valence electrons. The Bertz CT molecular complexity index is 669. The molecule has 0 spiro atoms. The number of guanidine groups is 1. The van der Waals surface area contributed by atoms with Crippen LogP contribution in [-0.4, -0.2) is 55.5 Å². The number of rotatable bonds is 6. The summed E-state index contributed by atoms with van der Waals surface area (Å²) in [6, 6.07) is 6.99. The molecule has 1 fully saturated rings. The molecule has 1 aromatic rings. The molecule has 29 heavy (non-hydrogen) atoms. The summed E-state index contributed by atoms with van der Waals surface area (Å²) in [5, 5.41) is 9.28. The minimum absolute atomic E-state index is 0. The largest absolute Gasteiger partial charge is 0.356 e. The van der Waals surface area contributed by atoms with Crippen molar-refractivity contribution in [2.75, 3.05) is 33.2 Å². The van der Waals surface area contributed by atoms with Gasteiger partial charge < -0.3 is 16.0 Å². The molecule has 1 saturated heterocycles. The van der Waals surface area contributed by atoms with Crippen molar-refractivity contribution in [2.45, 2.75) is 45.7 Å². The number of nitrogens with zero attached hydrogens (tertiary/aromatic N) is 2. The second-order valence-corrected chi connectivity index (χ2v) is 8.42. The minimum atomic E-state index is -0.244. The maximum absolute atomic E-state index is 13.8. The van der Waals surface area contributed by atoms with Gasteiger partial charge in [-0.05, 0) is 58.7 Å². The van der Waals surface area contributed by atoms with E-state index < -0.39 is 0 Å². The third-order valence-electron chi connectivity index (χ3n) is 4.77. The van der Waals surface area contributed by atoms with E-state index in [9.17, 15) is 9.18 Å². The van der Waals surface area contributed by atoms with E-state index in [1.807, 2.05) is 32.9 Å². The number of hydrogen-bond donors (Lipinski definition) is 3. The quantitative estimate of drug-likeness (QED) is 0.307. The fourth-order valence-electron chi connectivity index (χ4n) is 3.30. The van der Waals surface area contributed by atoms with Crippen LogP contribution in [0.15, 0.2) is 29.3 Å². The van der Waals surface area contributed by atoms with Crippen LogP contribution in [0.2, 0.25) is 0 Å². The number of nitrogens with one attached hydrogen (secondary N) is 3. The standard InChI is InChI=1S/C21H34FN5O.HI/c1-21(2,3)26-19(28)14-25-20(23-4)24-13-16-9-11-27(12-10-16)15-17-7-5-6-8-18(17)22;/h5-8,16H,9-15H2,1-4H3,(H,26,28)(H2,23,24,25);1H. The first-order valence-corrected chi connectivity index (χ1v) is 9.98. The summed E-state index contributed by atoms with van der Waals surface area (Å²) >= 11 is 0. The van der Waals surface area contributed by atoms with Crippen molar-refractivity contribution >= 4 is 35.8 Å². The Morgan fingerprint density at radius 2 is 1.86 bits per heavy atom. The number of aliphatic imine (C=N–C) groups is 1. The van der Waals surface area contributed by atoms with Crippen molar-refractivity contribution in [1.29, 1.82) is 0 Å². The van der Waals surface area contributed by atoms with Crippen molar-refractivity contribution in [3.05, 3.63) is 35.6 Å². The van der Waals surface area contributed by atoms with Crippen LogP contribution in [-0.2, 0) is 11.3 Å². The van der Waals surface area contributed by atoms with Crippen LogP contribution in [0.5, 0.6) is 0 Å². The van der Waals surface area contributed by atoms with Gasteiger partial charge in [0.25, 0.3) is 0 Å². The highest BCUT2D eigenvalue weighted by Gasteiger charge is 2.20. The number of likely N-dealkylation sites (tertiary alicyclic amines) is 1. The molecule has 2 rings (SSSR count). The molecule has 0 bridgehead atoms. The first-order valence-electron chi connectivity index (χ1n) is 9.98. The van der Waals surface area contributed by atoms with Gasteiger partial charge in [-0.25, -0.2) is 4.39 Å². The molecule has 0 aliphatic carbocycles. The average molecular weight is 519 g/mol. The Balaban J connectivity index is 0.00000420. The van der Waals surface area contributed by atoms with Gasteiger partial charge in [-0.1, -0.05) is 18.2 Å². The lowest BCUT2D eigenvalue weighted by molar-refractivity contribution is -0.121. The highest BCUT2D eigenvalue weighted by atomic mass is 127. The van der Waals surface area contributed by atoms with Gasteiger partial charge in [0.15, 0.2) is 5.96 Å². The highest BCUT2D eigenvalue weighted by molar-refractivity contribution is 14.0. The van der Waals surface area contributed by atoms with Crippen LogP contribution in [0.1, 0.15) is 39.2 Å². The molecule has 1 aliphatic rings. The number of carbonyl (C=O) groups is 1. The van der Waals surface area contributed by atoms with E-state index in [1.54, 1.807) is 13.1 Å². The fraction of sp³-hybridized carbons (Fsp3) is 0.619. The maximum Gasteiger partial charge on any atom is 0.239 e. The van der Waals surface area contributed by atoms with Gasteiger partial charge >= 0.3 is 0 Å². The SMILES string of the molecule is CN=C(NCC(=O)NC(C)(C)C)NCC1CCN(Cc2ccccc2F)CC1.I. The van der Waals surface area contributed by atoms with E-state index in [1.165, 1.54) is 6.07 Å². The molecule has 3 N–H and O–H groups in total. The lowest BCUT2D eigenvalue weighted by Crippen LogP contribution is -2.49. The number of carbonyl (C=O) groups excluding carboxylic acids is 1. The summed E-state index contributed by atoms with van der Waals surface area (Å²) in [6.45, 7) is 9.45. The Morgan fingerprint density at radius 1 is 1.21 bits per heavy atom. The van der Waals surface area contributed by atoms with Crippen LogP contribution in [0.3, 0.4) is 0 Å². The summed E-state index contributed by atoms with van der Waals surface area (Å²) in [5.74, 6) is 0.991. The smallest absolute Gasteiger partial charge is 0.239 e. The molecule has 0 aromatic heterocycles. The van der Waals surface area contributed by atoms with Gasteiger partial charge in [0, 0.05) is 31.2 Å². The average Bonchev–Trinajstić information content (AvgIpc) is 2.63. The number of piperidine rings is 1. The van der Waals surface area contributed by atoms with Crippen molar-refractivity contribution < 1.29 is 9.18 Å². The molecule has 1 aliphatic heterocycles. The Kier molecular flexibility index (Phi) is 10.9. The molecule has 8 heteroatoms. The number of benzene rings is 1. The van der Waals surface area contributed by atoms with Gasteiger partial charge in [0.05, 0.1) is 6.54 Å². The van der Waals surface area contributed by atoms with E-state index >= 15 is 0 Å². The molecule has 1 aromatic carbocycles. The minimum Gasteiger partial charge on any atom is -0.356 e. The Hall–Kier alpha value is -1.42. The van der Waals surface area contributed by atoms with E-state index in [0.29, 0.717) is 18.4 Å². The first kappa shape index (κ1) is 25.6. The summed E-state index contributed by atoms with van der Waals surface area (Å²) < 4.78 is 13.8. The van der Waals surface area contributed by atoms with Crippen molar-refractivity contribution in [1.82, 2.24) is 20.9 Å². The van der Waals surface area contributed by atoms with Crippen LogP contribution in [0.25, 0.3) is 0 Å². The van der Waals surface area contributed by atoms with Crippen molar-refractivity contribution in [3.8, 4) is 0 Å². The number of amides is 1. The predicted molar refractivity (Wildman–Crippen MR) is 127 cm³/mol. The second kappa shape index (κ2) is 12.3. The molecule has 1 amide bonds. The van der Waals surface area contributed by atoms with E-state index in [2.05, 4.69) is 25.8 Å². The zero-order valence-electron chi connectivity index (χ0n) is 17.9. The second-order valence-electron chi connectivity index (χ2n) is 8.42. The lowest BCUT2D eigenvalue weighted by Gasteiger charge is -2.32. The van der Waals surface area contributed by atoms with Gasteiger partial charge in [-0.15, -0.1) is 24.0 Å². The van der Waals surface area contributed by atoms with Crippen molar-refractivity contribution in [2.24, 2.45) is 10.9 Å². The summed E-state index contributed by atoms with van der Waals surface area (Å²) in [4.78, 5) is 18.4. The Labute approximate surface area is 191 Å². The zero-order valence-corrected chi connectivity index (χ0v) is 20.3.